The first-order valence-electron chi connectivity index (χ1n) is 7.44. The molecule has 0 fully saturated rings. The van der Waals surface area contributed by atoms with Crippen LogP contribution in [0.5, 0.6) is 5.75 Å². The van der Waals surface area contributed by atoms with Gasteiger partial charge in [0, 0.05) is 6.42 Å². The number of benzene rings is 1. The number of hydrogen-bond acceptors (Lipinski definition) is 4. The van der Waals surface area contributed by atoms with E-state index in [1.54, 1.807) is 24.3 Å². The first-order valence-corrected chi connectivity index (χ1v) is 7.44. The number of carbonyl (C=O) groups excluding carboxylic acids is 1. The van der Waals surface area contributed by atoms with Crippen LogP contribution in [0, 0.1) is 0 Å². The molecule has 1 amide bonds. The Morgan fingerprint density at radius 2 is 2.09 bits per heavy atom. The van der Waals surface area contributed by atoms with E-state index in [4.69, 9.17) is 9.47 Å². The maximum atomic E-state index is 11.6. The van der Waals surface area contributed by atoms with Crippen molar-refractivity contribution in [2.75, 3.05) is 13.2 Å². The third kappa shape index (κ3) is 6.47. The number of carboxylic acids is 1. The molecule has 0 aromatic heterocycles. The molecule has 0 aliphatic heterocycles. The summed E-state index contributed by atoms with van der Waals surface area (Å²) < 4.78 is 10.3. The van der Waals surface area contributed by atoms with E-state index < -0.39 is 18.1 Å². The molecule has 0 aliphatic carbocycles. The monoisotopic (exact) mass is 309 g/mol. The molecule has 6 nitrogen and oxygen atoms in total. The molecule has 1 rings (SSSR count). The first-order chi connectivity index (χ1) is 10.6. The summed E-state index contributed by atoms with van der Waals surface area (Å²) in [5.41, 5.74) is 0.771. The molecule has 0 spiro atoms. The molecule has 1 aromatic rings. The van der Waals surface area contributed by atoms with Crippen LogP contribution in [0.4, 0.5) is 4.79 Å². The molecule has 0 saturated carbocycles. The van der Waals surface area contributed by atoms with Gasteiger partial charge in [-0.3, -0.25) is 0 Å². The van der Waals surface area contributed by atoms with Crippen molar-refractivity contribution in [1.29, 1.82) is 0 Å². The predicted molar refractivity (Wildman–Crippen MR) is 82.1 cm³/mol. The van der Waals surface area contributed by atoms with Gasteiger partial charge < -0.3 is 19.9 Å². The van der Waals surface area contributed by atoms with Gasteiger partial charge in [-0.05, 0) is 31.0 Å². The van der Waals surface area contributed by atoms with Crippen LogP contribution in [0.2, 0.25) is 0 Å². The lowest BCUT2D eigenvalue weighted by Gasteiger charge is -2.15. The Labute approximate surface area is 130 Å². The number of alkyl carbamates (subject to hydrolysis) is 1. The van der Waals surface area contributed by atoms with E-state index >= 15 is 0 Å². The summed E-state index contributed by atoms with van der Waals surface area (Å²) in [4.78, 5) is 22.8. The van der Waals surface area contributed by atoms with Crippen molar-refractivity contribution in [3.8, 4) is 5.75 Å². The molecule has 6 heteroatoms. The highest BCUT2D eigenvalue weighted by atomic mass is 16.5. The summed E-state index contributed by atoms with van der Waals surface area (Å²) in [5, 5.41) is 11.6. The topological polar surface area (TPSA) is 84.9 Å². The van der Waals surface area contributed by atoms with Crippen LogP contribution in [0.3, 0.4) is 0 Å². The molecule has 22 heavy (non-hydrogen) atoms. The van der Waals surface area contributed by atoms with Crippen LogP contribution in [-0.4, -0.2) is 36.4 Å². The Hall–Kier alpha value is -2.24. The minimum atomic E-state index is -1.10. The third-order valence-electron chi connectivity index (χ3n) is 2.97. The molecule has 0 bridgehead atoms. The summed E-state index contributed by atoms with van der Waals surface area (Å²) in [6.07, 6.45) is 1.11. The normalized spacial score (nSPS) is 11.5. The number of carbonyl (C=O) groups is 2. The second-order valence-corrected chi connectivity index (χ2v) is 4.81. The Bertz CT molecular complexity index is 489. The molecule has 2 N–H and O–H groups in total. The Balaban J connectivity index is 2.62. The smallest absolute Gasteiger partial charge is 0.407 e. The minimum Gasteiger partial charge on any atom is -0.494 e. The van der Waals surface area contributed by atoms with E-state index in [9.17, 15) is 14.7 Å². The zero-order chi connectivity index (χ0) is 16.4. The van der Waals surface area contributed by atoms with Crippen molar-refractivity contribution in [2.45, 2.75) is 39.2 Å². The fourth-order valence-corrected chi connectivity index (χ4v) is 1.86. The number of nitrogens with one attached hydrogen (secondary N) is 1. The highest BCUT2D eigenvalue weighted by Crippen LogP contribution is 2.15. The summed E-state index contributed by atoms with van der Waals surface area (Å²) in [6, 6.07) is 6.12. The van der Waals surface area contributed by atoms with Gasteiger partial charge >= 0.3 is 12.1 Å². The predicted octanol–water partition coefficient (Wildman–Crippen LogP) is 2.61. The van der Waals surface area contributed by atoms with Crippen molar-refractivity contribution < 1.29 is 24.2 Å². The van der Waals surface area contributed by atoms with E-state index in [0.29, 0.717) is 12.4 Å². The van der Waals surface area contributed by atoms with Crippen LogP contribution >= 0.6 is 0 Å². The van der Waals surface area contributed by atoms with Crippen LogP contribution in [0.15, 0.2) is 24.3 Å². The quantitative estimate of drug-likeness (QED) is 0.685. The minimum absolute atomic E-state index is 0.166. The van der Waals surface area contributed by atoms with Crippen molar-refractivity contribution in [2.24, 2.45) is 0 Å². The molecule has 0 unspecified atom stereocenters. The van der Waals surface area contributed by atoms with Gasteiger partial charge in [0.15, 0.2) is 0 Å². The standard InChI is InChI=1S/C16H23NO5/c1-3-5-9-22-16(20)17-14(15(18)19)11-12-7-6-8-13(10-12)21-4-2/h6-8,10,14H,3-5,9,11H2,1-2H3,(H,17,20)(H,18,19)/t14-/m0/s1. The van der Waals surface area contributed by atoms with Gasteiger partial charge in [0.05, 0.1) is 13.2 Å². The average Bonchev–Trinajstić information content (AvgIpc) is 2.47. The lowest BCUT2D eigenvalue weighted by atomic mass is 10.1. The summed E-state index contributed by atoms with van der Waals surface area (Å²) >= 11 is 0. The second-order valence-electron chi connectivity index (χ2n) is 4.81. The van der Waals surface area contributed by atoms with Crippen molar-refractivity contribution in [3.63, 3.8) is 0 Å². The Morgan fingerprint density at radius 1 is 1.32 bits per heavy atom. The van der Waals surface area contributed by atoms with Crippen molar-refractivity contribution >= 4 is 12.1 Å². The van der Waals surface area contributed by atoms with Crippen LogP contribution in [-0.2, 0) is 16.0 Å². The molecule has 0 heterocycles. The van der Waals surface area contributed by atoms with Crippen molar-refractivity contribution in [1.82, 2.24) is 5.32 Å². The van der Waals surface area contributed by atoms with E-state index in [-0.39, 0.29) is 13.0 Å². The lowest BCUT2D eigenvalue weighted by Crippen LogP contribution is -2.42. The number of hydrogen-bond donors (Lipinski definition) is 2. The number of amides is 1. The van der Waals surface area contributed by atoms with Gasteiger partial charge in [0.1, 0.15) is 11.8 Å². The van der Waals surface area contributed by atoms with Crippen LogP contribution < -0.4 is 10.1 Å². The number of ether oxygens (including phenoxy) is 2. The maximum Gasteiger partial charge on any atom is 0.407 e. The highest BCUT2D eigenvalue weighted by Gasteiger charge is 2.21. The number of aliphatic carboxylic acids is 1. The summed E-state index contributed by atoms with van der Waals surface area (Å²) in [6.45, 7) is 4.68. The van der Waals surface area contributed by atoms with E-state index in [0.717, 1.165) is 18.4 Å². The molecule has 0 aliphatic rings. The van der Waals surface area contributed by atoms with Gasteiger partial charge in [0.25, 0.3) is 0 Å². The number of carboxylic acid groups (broad SMARTS) is 1. The fraction of sp³-hybridized carbons (Fsp3) is 0.500. The van der Waals surface area contributed by atoms with Crippen LogP contribution in [0.25, 0.3) is 0 Å². The van der Waals surface area contributed by atoms with Gasteiger partial charge in [-0.15, -0.1) is 0 Å². The highest BCUT2D eigenvalue weighted by molar-refractivity contribution is 5.80. The molecule has 0 radical (unpaired) electrons. The third-order valence-corrected chi connectivity index (χ3v) is 2.97. The maximum absolute atomic E-state index is 11.6. The summed E-state index contributed by atoms with van der Waals surface area (Å²) in [5.74, 6) is -0.427. The lowest BCUT2D eigenvalue weighted by molar-refractivity contribution is -0.139. The summed E-state index contributed by atoms with van der Waals surface area (Å²) in [7, 11) is 0. The zero-order valence-corrected chi connectivity index (χ0v) is 13.0. The first kappa shape index (κ1) is 17.8. The molecule has 1 aromatic carbocycles. The number of unbranched alkanes of at least 4 members (excludes halogenated alkanes) is 1. The number of rotatable bonds is 9. The molecular weight excluding hydrogens is 286 g/mol. The van der Waals surface area contributed by atoms with Gasteiger partial charge in [-0.25, -0.2) is 9.59 Å². The van der Waals surface area contributed by atoms with Crippen LogP contribution in [0.1, 0.15) is 32.3 Å². The van der Waals surface area contributed by atoms with Crippen molar-refractivity contribution in [3.05, 3.63) is 29.8 Å². The SMILES string of the molecule is CCCCOC(=O)N[C@@H](Cc1cccc(OCC)c1)C(=O)O. The molecular formula is C16H23NO5. The molecule has 0 saturated heterocycles. The Kier molecular flexibility index (Phi) is 7.81. The second kappa shape index (κ2) is 9.65. The zero-order valence-electron chi connectivity index (χ0n) is 13.0. The van der Waals surface area contributed by atoms with Gasteiger partial charge in [0.2, 0.25) is 0 Å². The van der Waals surface area contributed by atoms with Gasteiger partial charge in [-0.1, -0.05) is 25.5 Å². The van der Waals surface area contributed by atoms with Gasteiger partial charge in [-0.2, -0.15) is 0 Å². The van der Waals surface area contributed by atoms with E-state index in [1.165, 1.54) is 0 Å². The molecule has 1 atom stereocenters. The van der Waals surface area contributed by atoms with E-state index in [1.807, 2.05) is 13.8 Å². The Morgan fingerprint density at radius 3 is 2.73 bits per heavy atom. The largest absolute Gasteiger partial charge is 0.494 e. The molecule has 122 valence electrons. The average molecular weight is 309 g/mol. The fourth-order valence-electron chi connectivity index (χ4n) is 1.86. The van der Waals surface area contributed by atoms with E-state index in [2.05, 4.69) is 5.32 Å².